The molecule has 2 aliphatic rings. The molecule has 2 rings (SSSR count). The normalized spacial score (nSPS) is 25.9. The van der Waals surface area contributed by atoms with E-state index in [1.807, 2.05) is 0 Å². The second-order valence-electron chi connectivity index (χ2n) is 6.24. The van der Waals surface area contributed by atoms with Crippen molar-refractivity contribution >= 4 is 6.29 Å². The molecule has 1 aliphatic heterocycles. The summed E-state index contributed by atoms with van der Waals surface area (Å²) in [6.07, 6.45) is 8.41. The largest absolute Gasteiger partial charge is 0.395 e. The van der Waals surface area contributed by atoms with Gasteiger partial charge >= 0.3 is 0 Å². The molecule has 0 aromatic carbocycles. The van der Waals surface area contributed by atoms with E-state index in [-0.39, 0.29) is 12.0 Å². The zero-order chi connectivity index (χ0) is 13.6. The minimum Gasteiger partial charge on any atom is -0.395 e. The van der Waals surface area contributed by atoms with Gasteiger partial charge in [0.05, 0.1) is 6.61 Å². The van der Waals surface area contributed by atoms with Gasteiger partial charge in [0.15, 0.2) is 0 Å². The minimum atomic E-state index is -0.0738. The third kappa shape index (κ3) is 4.26. The molecule has 0 atom stereocenters. The molecule has 0 spiro atoms. The maximum atomic E-state index is 11.6. The lowest BCUT2D eigenvalue weighted by Crippen LogP contribution is -2.50. The first kappa shape index (κ1) is 14.9. The monoisotopic (exact) mass is 268 g/mol. The van der Waals surface area contributed by atoms with Gasteiger partial charge in [-0.25, -0.2) is 0 Å². The van der Waals surface area contributed by atoms with Crippen LogP contribution in [0.2, 0.25) is 0 Å². The van der Waals surface area contributed by atoms with Crippen molar-refractivity contribution in [3.05, 3.63) is 0 Å². The van der Waals surface area contributed by atoms with Crippen LogP contribution in [0.4, 0.5) is 0 Å². The van der Waals surface area contributed by atoms with E-state index < -0.39 is 0 Å². The van der Waals surface area contributed by atoms with Crippen molar-refractivity contribution in [1.82, 2.24) is 9.80 Å². The quantitative estimate of drug-likeness (QED) is 0.600. The zero-order valence-electron chi connectivity index (χ0n) is 12.0. The molecule has 0 unspecified atom stereocenters. The van der Waals surface area contributed by atoms with E-state index in [2.05, 4.69) is 9.80 Å². The molecule has 1 heterocycles. The average molecular weight is 268 g/mol. The molecule has 0 aromatic rings. The third-order valence-electron chi connectivity index (χ3n) is 4.77. The van der Waals surface area contributed by atoms with Crippen molar-refractivity contribution in [1.29, 1.82) is 0 Å². The van der Waals surface area contributed by atoms with Gasteiger partial charge in [-0.1, -0.05) is 25.7 Å². The number of nitrogens with zero attached hydrogens (tertiary/aromatic N) is 2. The highest BCUT2D eigenvalue weighted by molar-refractivity contribution is 5.59. The molecule has 1 N–H and O–H groups in total. The number of aliphatic hydroxyl groups is 1. The number of piperazine rings is 1. The summed E-state index contributed by atoms with van der Waals surface area (Å²) < 4.78 is 0. The second kappa shape index (κ2) is 7.36. The topological polar surface area (TPSA) is 43.8 Å². The van der Waals surface area contributed by atoms with Gasteiger partial charge in [-0.3, -0.25) is 9.80 Å². The Hall–Kier alpha value is -0.450. The predicted octanol–water partition coefficient (Wildman–Crippen LogP) is 1.14. The van der Waals surface area contributed by atoms with Crippen molar-refractivity contribution in [2.45, 2.75) is 38.5 Å². The van der Waals surface area contributed by atoms with Crippen LogP contribution in [0.15, 0.2) is 0 Å². The Kier molecular flexibility index (Phi) is 5.79. The summed E-state index contributed by atoms with van der Waals surface area (Å²) in [4.78, 5) is 16.4. The number of β-amino-alcohol motifs (C(OH)–C–C–N with tert-alkyl or cyclic N) is 1. The summed E-state index contributed by atoms with van der Waals surface area (Å²) in [5.74, 6) is 0. The summed E-state index contributed by atoms with van der Waals surface area (Å²) in [7, 11) is 0. The van der Waals surface area contributed by atoms with Crippen LogP contribution in [0.5, 0.6) is 0 Å². The van der Waals surface area contributed by atoms with E-state index in [0.29, 0.717) is 0 Å². The van der Waals surface area contributed by atoms with Crippen LogP contribution in [0.1, 0.15) is 38.5 Å². The molecular weight excluding hydrogens is 240 g/mol. The van der Waals surface area contributed by atoms with Gasteiger partial charge in [0.25, 0.3) is 0 Å². The number of rotatable bonds is 5. The lowest BCUT2D eigenvalue weighted by Gasteiger charge is -2.39. The van der Waals surface area contributed by atoms with Crippen molar-refractivity contribution in [2.24, 2.45) is 5.41 Å². The van der Waals surface area contributed by atoms with Crippen LogP contribution in [0.25, 0.3) is 0 Å². The Labute approximate surface area is 116 Å². The predicted molar refractivity (Wildman–Crippen MR) is 76.2 cm³/mol. The van der Waals surface area contributed by atoms with Gasteiger partial charge < -0.3 is 9.90 Å². The summed E-state index contributed by atoms with van der Waals surface area (Å²) in [6.45, 7) is 6.10. The van der Waals surface area contributed by atoms with Gasteiger partial charge in [0.1, 0.15) is 6.29 Å². The molecule has 0 aromatic heterocycles. The van der Waals surface area contributed by atoms with Crippen LogP contribution in [-0.2, 0) is 4.79 Å². The molecular formula is C15H28N2O2. The Morgan fingerprint density at radius 3 is 2.05 bits per heavy atom. The summed E-state index contributed by atoms with van der Waals surface area (Å²) in [5.41, 5.74) is -0.0738. The smallest absolute Gasteiger partial charge is 0.127 e. The summed E-state index contributed by atoms with van der Waals surface area (Å²) >= 11 is 0. The fourth-order valence-corrected chi connectivity index (χ4v) is 3.50. The molecule has 1 saturated heterocycles. The Morgan fingerprint density at radius 1 is 0.947 bits per heavy atom. The fraction of sp³-hybridized carbons (Fsp3) is 0.933. The van der Waals surface area contributed by atoms with Crippen molar-refractivity contribution in [3.8, 4) is 0 Å². The van der Waals surface area contributed by atoms with Crippen LogP contribution < -0.4 is 0 Å². The minimum absolute atomic E-state index is 0.0738. The molecule has 1 saturated carbocycles. The standard InChI is InChI=1S/C15H28N2O2/c18-12-11-16-7-9-17(10-8-16)13-15(14-19)5-3-1-2-4-6-15/h14,18H,1-13H2. The highest BCUT2D eigenvalue weighted by Gasteiger charge is 2.33. The molecule has 4 nitrogen and oxygen atoms in total. The Bertz CT molecular complexity index is 267. The maximum Gasteiger partial charge on any atom is 0.127 e. The lowest BCUT2D eigenvalue weighted by atomic mass is 9.81. The van der Waals surface area contributed by atoms with Gasteiger partial charge in [0.2, 0.25) is 0 Å². The summed E-state index contributed by atoms with van der Waals surface area (Å²) in [6, 6.07) is 0. The van der Waals surface area contributed by atoms with Gasteiger partial charge in [-0.2, -0.15) is 0 Å². The van der Waals surface area contributed by atoms with Crippen LogP contribution in [-0.4, -0.2) is 67.1 Å². The van der Waals surface area contributed by atoms with Crippen molar-refractivity contribution in [2.75, 3.05) is 45.9 Å². The Morgan fingerprint density at radius 2 is 1.53 bits per heavy atom. The molecule has 0 radical (unpaired) electrons. The van der Waals surface area contributed by atoms with Crippen LogP contribution in [0.3, 0.4) is 0 Å². The lowest BCUT2D eigenvalue weighted by molar-refractivity contribution is -0.118. The second-order valence-corrected chi connectivity index (χ2v) is 6.24. The number of aliphatic hydroxyl groups excluding tert-OH is 1. The van der Waals surface area contributed by atoms with Crippen molar-refractivity contribution in [3.63, 3.8) is 0 Å². The molecule has 0 amide bonds. The molecule has 110 valence electrons. The number of hydrogen-bond donors (Lipinski definition) is 1. The first-order chi connectivity index (χ1) is 9.28. The molecule has 1 aliphatic carbocycles. The van der Waals surface area contributed by atoms with E-state index in [1.54, 1.807) is 0 Å². The van der Waals surface area contributed by atoms with Crippen molar-refractivity contribution < 1.29 is 9.90 Å². The molecule has 0 bridgehead atoms. The van der Waals surface area contributed by atoms with Gasteiger partial charge in [-0.15, -0.1) is 0 Å². The van der Waals surface area contributed by atoms with Gasteiger partial charge in [-0.05, 0) is 12.8 Å². The maximum absolute atomic E-state index is 11.6. The highest BCUT2D eigenvalue weighted by Crippen LogP contribution is 2.34. The summed E-state index contributed by atoms with van der Waals surface area (Å²) in [5, 5.41) is 8.95. The van der Waals surface area contributed by atoms with E-state index in [1.165, 1.54) is 32.0 Å². The fourth-order valence-electron chi connectivity index (χ4n) is 3.50. The average Bonchev–Trinajstić information content (AvgIpc) is 2.68. The van der Waals surface area contributed by atoms with E-state index in [0.717, 1.165) is 52.1 Å². The van der Waals surface area contributed by atoms with E-state index >= 15 is 0 Å². The highest BCUT2D eigenvalue weighted by atomic mass is 16.3. The third-order valence-corrected chi connectivity index (χ3v) is 4.77. The molecule has 19 heavy (non-hydrogen) atoms. The first-order valence-electron chi connectivity index (χ1n) is 7.80. The van der Waals surface area contributed by atoms with Crippen LogP contribution >= 0.6 is 0 Å². The Balaban J connectivity index is 1.83. The zero-order valence-corrected chi connectivity index (χ0v) is 12.0. The molecule has 2 fully saturated rings. The number of hydrogen-bond acceptors (Lipinski definition) is 4. The van der Waals surface area contributed by atoms with E-state index in [9.17, 15) is 4.79 Å². The van der Waals surface area contributed by atoms with Crippen LogP contribution in [0, 0.1) is 5.41 Å². The number of carbonyl (C=O) groups excluding carboxylic acids is 1. The SMILES string of the molecule is O=CC1(CN2CCN(CCO)CC2)CCCCCC1. The molecule has 4 heteroatoms. The van der Waals surface area contributed by atoms with Gasteiger partial charge in [0, 0.05) is 44.7 Å². The van der Waals surface area contributed by atoms with E-state index in [4.69, 9.17) is 5.11 Å². The number of carbonyl (C=O) groups is 1. The number of aldehydes is 1. The first-order valence-corrected chi connectivity index (χ1v) is 7.80.